The van der Waals surface area contributed by atoms with Crippen molar-refractivity contribution in [2.75, 3.05) is 11.5 Å². The second-order valence-electron chi connectivity index (χ2n) is 3.46. The Morgan fingerprint density at radius 3 is 2.63 bits per heavy atom. The number of hydrogen-bond donors (Lipinski definition) is 2. The summed E-state index contributed by atoms with van der Waals surface area (Å²) < 4.78 is 5.88. The molecule has 0 saturated heterocycles. The van der Waals surface area contributed by atoms with E-state index in [4.69, 9.17) is 16.2 Å². The largest absolute Gasteiger partial charge is 0.432 e. The maximum absolute atomic E-state index is 10.9. The summed E-state index contributed by atoms with van der Waals surface area (Å²) in [5, 5.41) is 10.9. The third kappa shape index (κ3) is 3.07. The molecule has 0 atom stereocenters. The van der Waals surface area contributed by atoms with E-state index in [1.165, 1.54) is 18.2 Å². The summed E-state index contributed by atoms with van der Waals surface area (Å²) in [6.07, 6.45) is 0. The Labute approximate surface area is 115 Å². The van der Waals surface area contributed by atoms with Crippen molar-refractivity contribution in [1.29, 1.82) is 0 Å². The summed E-state index contributed by atoms with van der Waals surface area (Å²) >= 11 is 3.15. The number of nitro groups is 1. The lowest BCUT2D eigenvalue weighted by Crippen LogP contribution is -2.01. The van der Waals surface area contributed by atoms with Gasteiger partial charge in [0.1, 0.15) is 5.82 Å². The van der Waals surface area contributed by atoms with Crippen LogP contribution in [-0.2, 0) is 0 Å². The van der Waals surface area contributed by atoms with Crippen molar-refractivity contribution >= 4 is 33.4 Å². The first-order valence-corrected chi connectivity index (χ1v) is 5.77. The minimum atomic E-state index is -0.562. The Kier molecular flexibility index (Phi) is 3.47. The zero-order chi connectivity index (χ0) is 14.0. The molecule has 1 aromatic carbocycles. The SMILES string of the molecule is Nc1cc(Oc2ccc(Br)cc2[N+](=O)[O-])nc(N)n1. The van der Waals surface area contributed by atoms with Crippen LogP contribution in [0.1, 0.15) is 0 Å². The van der Waals surface area contributed by atoms with Gasteiger partial charge in [-0.1, -0.05) is 15.9 Å². The number of benzene rings is 1. The van der Waals surface area contributed by atoms with Crippen LogP contribution < -0.4 is 16.2 Å². The number of aromatic nitrogens is 2. The molecule has 2 rings (SSSR count). The molecule has 0 aliphatic heterocycles. The van der Waals surface area contributed by atoms with E-state index in [0.29, 0.717) is 4.47 Å². The number of halogens is 1. The quantitative estimate of drug-likeness (QED) is 0.652. The van der Waals surface area contributed by atoms with Crippen molar-refractivity contribution in [3.63, 3.8) is 0 Å². The molecule has 1 aromatic heterocycles. The Morgan fingerprint density at radius 1 is 1.26 bits per heavy atom. The first kappa shape index (κ1) is 13.0. The van der Waals surface area contributed by atoms with E-state index < -0.39 is 4.92 Å². The van der Waals surface area contributed by atoms with Crippen molar-refractivity contribution < 1.29 is 9.66 Å². The molecule has 0 fully saturated rings. The predicted molar refractivity (Wildman–Crippen MR) is 71.7 cm³/mol. The minimum Gasteiger partial charge on any atom is -0.432 e. The number of ether oxygens (including phenoxy) is 1. The number of anilines is 2. The van der Waals surface area contributed by atoms with Crippen molar-refractivity contribution in [2.24, 2.45) is 0 Å². The highest BCUT2D eigenvalue weighted by molar-refractivity contribution is 9.10. The zero-order valence-electron chi connectivity index (χ0n) is 9.41. The van der Waals surface area contributed by atoms with Crippen LogP contribution in [0.4, 0.5) is 17.5 Å². The molecule has 0 spiro atoms. The molecule has 8 nitrogen and oxygen atoms in total. The van der Waals surface area contributed by atoms with Crippen LogP contribution in [0, 0.1) is 10.1 Å². The minimum absolute atomic E-state index is 0.0331. The topological polar surface area (TPSA) is 130 Å². The molecule has 0 amide bonds. The standard InChI is InChI=1S/C10H8BrN5O3/c11-5-1-2-7(6(3-5)16(17)18)19-9-4-8(12)14-10(13)15-9/h1-4H,(H4,12,13,14,15). The number of nitro benzene ring substituents is 1. The lowest BCUT2D eigenvalue weighted by Gasteiger charge is -2.06. The fraction of sp³-hybridized carbons (Fsp3) is 0. The van der Waals surface area contributed by atoms with Gasteiger partial charge in [0.15, 0.2) is 0 Å². The van der Waals surface area contributed by atoms with E-state index in [1.807, 2.05) is 0 Å². The fourth-order valence-electron chi connectivity index (χ4n) is 1.35. The first-order valence-electron chi connectivity index (χ1n) is 4.97. The summed E-state index contributed by atoms with van der Waals surface area (Å²) in [5.41, 5.74) is 10.7. The number of nitrogen functional groups attached to an aromatic ring is 2. The van der Waals surface area contributed by atoms with Gasteiger partial charge in [0.05, 0.1) is 4.92 Å². The molecule has 0 radical (unpaired) electrons. The average molecular weight is 326 g/mol. The molecule has 0 aliphatic rings. The van der Waals surface area contributed by atoms with Crippen LogP contribution in [0.3, 0.4) is 0 Å². The molecule has 2 aromatic rings. The number of nitrogens with zero attached hydrogens (tertiary/aromatic N) is 3. The van der Waals surface area contributed by atoms with Gasteiger partial charge in [-0.05, 0) is 12.1 Å². The Morgan fingerprint density at radius 2 is 2.00 bits per heavy atom. The Balaban J connectivity index is 2.40. The van der Waals surface area contributed by atoms with Crippen LogP contribution in [-0.4, -0.2) is 14.9 Å². The summed E-state index contributed by atoms with van der Waals surface area (Å²) in [6.45, 7) is 0. The van der Waals surface area contributed by atoms with Crippen molar-refractivity contribution in [3.8, 4) is 11.6 Å². The highest BCUT2D eigenvalue weighted by atomic mass is 79.9. The van der Waals surface area contributed by atoms with Gasteiger partial charge in [0.2, 0.25) is 17.6 Å². The summed E-state index contributed by atoms with van der Waals surface area (Å²) in [4.78, 5) is 17.8. The van der Waals surface area contributed by atoms with Gasteiger partial charge in [-0.2, -0.15) is 9.97 Å². The Bertz CT molecular complexity index is 629. The summed E-state index contributed by atoms with van der Waals surface area (Å²) in [6, 6.07) is 5.69. The van der Waals surface area contributed by atoms with Crippen LogP contribution in [0.25, 0.3) is 0 Å². The van der Waals surface area contributed by atoms with Crippen LogP contribution in [0.5, 0.6) is 11.6 Å². The average Bonchev–Trinajstić information content (AvgIpc) is 2.30. The number of hydrogen-bond acceptors (Lipinski definition) is 7. The van der Waals surface area contributed by atoms with E-state index in [0.717, 1.165) is 0 Å². The molecule has 0 unspecified atom stereocenters. The van der Waals surface area contributed by atoms with Crippen LogP contribution in [0.2, 0.25) is 0 Å². The fourth-order valence-corrected chi connectivity index (χ4v) is 1.69. The van der Waals surface area contributed by atoms with Crippen molar-refractivity contribution in [3.05, 3.63) is 38.9 Å². The van der Waals surface area contributed by atoms with Gasteiger partial charge in [-0.25, -0.2) is 0 Å². The van der Waals surface area contributed by atoms with E-state index in [-0.39, 0.29) is 29.1 Å². The van der Waals surface area contributed by atoms with Gasteiger partial charge in [-0.3, -0.25) is 10.1 Å². The molecular formula is C10H8BrN5O3. The molecule has 19 heavy (non-hydrogen) atoms. The van der Waals surface area contributed by atoms with E-state index in [2.05, 4.69) is 25.9 Å². The third-order valence-corrected chi connectivity index (χ3v) is 2.57. The maximum Gasteiger partial charge on any atom is 0.312 e. The second-order valence-corrected chi connectivity index (χ2v) is 4.38. The summed E-state index contributed by atoms with van der Waals surface area (Å²) in [5.74, 6) is 0.109. The smallest absolute Gasteiger partial charge is 0.312 e. The molecule has 98 valence electrons. The second kappa shape index (κ2) is 5.06. The highest BCUT2D eigenvalue weighted by Crippen LogP contribution is 2.33. The van der Waals surface area contributed by atoms with Gasteiger partial charge in [-0.15, -0.1) is 0 Å². The zero-order valence-corrected chi connectivity index (χ0v) is 11.0. The van der Waals surface area contributed by atoms with Gasteiger partial charge in [0.25, 0.3) is 0 Å². The van der Waals surface area contributed by atoms with Crippen LogP contribution in [0.15, 0.2) is 28.7 Å². The van der Waals surface area contributed by atoms with E-state index in [9.17, 15) is 10.1 Å². The first-order chi connectivity index (χ1) is 8.95. The number of rotatable bonds is 3. The highest BCUT2D eigenvalue weighted by Gasteiger charge is 2.17. The van der Waals surface area contributed by atoms with Gasteiger partial charge >= 0.3 is 5.69 Å². The molecule has 0 saturated carbocycles. The normalized spacial score (nSPS) is 10.2. The van der Waals surface area contributed by atoms with Gasteiger partial charge < -0.3 is 16.2 Å². The lowest BCUT2D eigenvalue weighted by molar-refractivity contribution is -0.385. The van der Waals surface area contributed by atoms with Crippen molar-refractivity contribution in [1.82, 2.24) is 9.97 Å². The third-order valence-electron chi connectivity index (χ3n) is 2.07. The van der Waals surface area contributed by atoms with Crippen LogP contribution >= 0.6 is 15.9 Å². The van der Waals surface area contributed by atoms with Crippen molar-refractivity contribution in [2.45, 2.75) is 0 Å². The predicted octanol–water partition coefficient (Wildman–Crippen LogP) is 2.10. The molecular weight excluding hydrogens is 318 g/mol. The molecule has 1 heterocycles. The molecule has 4 N–H and O–H groups in total. The molecule has 9 heteroatoms. The number of nitrogens with two attached hydrogens (primary N) is 2. The monoisotopic (exact) mass is 325 g/mol. The van der Waals surface area contributed by atoms with E-state index in [1.54, 1.807) is 6.07 Å². The molecule has 0 bridgehead atoms. The lowest BCUT2D eigenvalue weighted by atomic mass is 10.3. The molecule has 0 aliphatic carbocycles. The maximum atomic E-state index is 10.9. The summed E-state index contributed by atoms with van der Waals surface area (Å²) in [7, 11) is 0. The van der Waals surface area contributed by atoms with E-state index >= 15 is 0 Å². The Hall–Kier alpha value is -2.42. The van der Waals surface area contributed by atoms with Gasteiger partial charge in [0, 0.05) is 16.6 Å².